The molecule has 0 amide bonds. The van der Waals surface area contributed by atoms with Crippen molar-refractivity contribution < 1.29 is 8.78 Å². The molecule has 72 valence electrons. The number of nitrogens with zero attached hydrogens (tertiary/aromatic N) is 1. The van der Waals surface area contributed by atoms with Gasteiger partial charge in [0.25, 0.3) is 0 Å². The summed E-state index contributed by atoms with van der Waals surface area (Å²) in [7, 11) is 0. The molecule has 0 saturated carbocycles. The van der Waals surface area contributed by atoms with E-state index in [-0.39, 0.29) is 0 Å². The van der Waals surface area contributed by atoms with Gasteiger partial charge in [0.1, 0.15) is 10.3 Å². The van der Waals surface area contributed by atoms with E-state index in [1.54, 1.807) is 0 Å². The van der Waals surface area contributed by atoms with Gasteiger partial charge in [-0.25, -0.2) is 13.8 Å². The van der Waals surface area contributed by atoms with Crippen LogP contribution in [-0.2, 0) is 0 Å². The molecular weight excluding hydrogens is 240 g/mol. The van der Waals surface area contributed by atoms with Crippen molar-refractivity contribution in [1.82, 2.24) is 4.98 Å². The van der Waals surface area contributed by atoms with E-state index in [9.17, 15) is 8.78 Å². The van der Waals surface area contributed by atoms with Crippen LogP contribution in [0.4, 0.5) is 8.78 Å². The first-order valence-electron chi connectivity index (χ1n) is 3.85. The fourth-order valence-electron chi connectivity index (χ4n) is 0.971. The van der Waals surface area contributed by atoms with Crippen molar-refractivity contribution >= 4 is 15.9 Å². The average Bonchev–Trinajstić information content (AvgIpc) is 2.01. The molecule has 0 aromatic carbocycles. The third-order valence-electron chi connectivity index (χ3n) is 1.65. The number of halogens is 3. The molecule has 1 nitrogen and oxygen atoms in total. The van der Waals surface area contributed by atoms with Crippen molar-refractivity contribution in [3.05, 3.63) is 28.5 Å². The summed E-state index contributed by atoms with van der Waals surface area (Å²) < 4.78 is 27.1. The molecule has 0 aliphatic rings. The number of alkyl halides is 2. The molecule has 1 rings (SSSR count). The van der Waals surface area contributed by atoms with Crippen LogP contribution in [0.3, 0.4) is 0 Å². The SMILES string of the molecule is CC(C)(F)C(F)c1ccnc(Br)c1. The maximum absolute atomic E-state index is 13.4. The molecule has 0 radical (unpaired) electrons. The summed E-state index contributed by atoms with van der Waals surface area (Å²) in [5.74, 6) is 0. The van der Waals surface area contributed by atoms with Crippen molar-refractivity contribution in [3.8, 4) is 0 Å². The molecule has 0 saturated heterocycles. The van der Waals surface area contributed by atoms with Gasteiger partial charge in [0.05, 0.1) is 0 Å². The Labute approximate surface area is 84.3 Å². The molecule has 13 heavy (non-hydrogen) atoms. The second kappa shape index (κ2) is 3.70. The standard InChI is InChI=1S/C9H10BrF2N/c1-9(2,12)8(11)6-3-4-13-7(10)5-6/h3-5,8H,1-2H3. The number of aromatic nitrogens is 1. The molecule has 1 heterocycles. The zero-order chi connectivity index (χ0) is 10.1. The summed E-state index contributed by atoms with van der Waals surface area (Å²) in [5, 5.41) is 0. The molecule has 0 N–H and O–H groups in total. The monoisotopic (exact) mass is 249 g/mol. The Bertz CT molecular complexity index is 296. The molecule has 1 aromatic heterocycles. The van der Waals surface area contributed by atoms with Gasteiger partial charge in [-0.1, -0.05) is 0 Å². The third-order valence-corrected chi connectivity index (χ3v) is 2.08. The number of pyridine rings is 1. The average molecular weight is 250 g/mol. The summed E-state index contributed by atoms with van der Waals surface area (Å²) in [5.41, 5.74) is -1.56. The first-order chi connectivity index (χ1) is 5.91. The van der Waals surface area contributed by atoms with Crippen molar-refractivity contribution in [1.29, 1.82) is 0 Å². The molecule has 0 bridgehead atoms. The highest BCUT2D eigenvalue weighted by Gasteiger charge is 2.30. The van der Waals surface area contributed by atoms with Crippen molar-refractivity contribution in [2.45, 2.75) is 25.7 Å². The zero-order valence-corrected chi connectivity index (χ0v) is 8.98. The third kappa shape index (κ3) is 2.72. The van der Waals surface area contributed by atoms with E-state index in [4.69, 9.17) is 0 Å². The highest BCUT2D eigenvalue weighted by molar-refractivity contribution is 9.10. The van der Waals surface area contributed by atoms with Gasteiger partial charge in [-0.15, -0.1) is 0 Å². The van der Waals surface area contributed by atoms with Gasteiger partial charge in [-0.05, 0) is 47.5 Å². The molecule has 4 heteroatoms. The minimum atomic E-state index is -1.86. The van der Waals surface area contributed by atoms with Crippen molar-refractivity contribution in [3.63, 3.8) is 0 Å². The predicted molar refractivity (Wildman–Crippen MR) is 51.0 cm³/mol. The molecule has 1 aromatic rings. The first-order valence-corrected chi connectivity index (χ1v) is 4.65. The summed E-state index contributed by atoms with van der Waals surface area (Å²) in [6.07, 6.45) is -0.177. The normalized spacial score (nSPS) is 14.2. The van der Waals surface area contributed by atoms with E-state index in [0.717, 1.165) is 0 Å². The fraction of sp³-hybridized carbons (Fsp3) is 0.444. The Morgan fingerprint density at radius 1 is 1.54 bits per heavy atom. The van der Waals surface area contributed by atoms with Gasteiger partial charge >= 0.3 is 0 Å². The minimum Gasteiger partial charge on any atom is -0.249 e. The van der Waals surface area contributed by atoms with Gasteiger partial charge in [-0.2, -0.15) is 0 Å². The van der Waals surface area contributed by atoms with Crippen molar-refractivity contribution in [2.24, 2.45) is 0 Å². The van der Waals surface area contributed by atoms with E-state index >= 15 is 0 Å². The maximum Gasteiger partial charge on any atom is 0.159 e. The van der Waals surface area contributed by atoms with Crippen molar-refractivity contribution in [2.75, 3.05) is 0 Å². The van der Waals surface area contributed by atoms with Crippen LogP contribution in [0.1, 0.15) is 25.6 Å². The van der Waals surface area contributed by atoms with Crippen LogP contribution in [0, 0.1) is 0 Å². The molecule has 1 unspecified atom stereocenters. The number of hydrogen-bond donors (Lipinski definition) is 0. The Balaban J connectivity index is 2.96. The quantitative estimate of drug-likeness (QED) is 0.730. The lowest BCUT2D eigenvalue weighted by Gasteiger charge is -2.19. The first kappa shape index (κ1) is 10.6. The van der Waals surface area contributed by atoms with Gasteiger partial charge in [-0.3, -0.25) is 0 Å². The summed E-state index contributed by atoms with van der Waals surface area (Å²) in [6, 6.07) is 2.95. The van der Waals surface area contributed by atoms with Crippen LogP contribution in [-0.4, -0.2) is 10.7 Å². The largest absolute Gasteiger partial charge is 0.249 e. The summed E-state index contributed by atoms with van der Waals surface area (Å²) >= 11 is 3.10. The summed E-state index contributed by atoms with van der Waals surface area (Å²) in [6.45, 7) is 2.43. The number of hydrogen-bond acceptors (Lipinski definition) is 1. The lowest BCUT2D eigenvalue weighted by atomic mass is 9.99. The van der Waals surface area contributed by atoms with E-state index in [0.29, 0.717) is 10.2 Å². The van der Waals surface area contributed by atoms with Crippen LogP contribution in [0.5, 0.6) is 0 Å². The Kier molecular flexibility index (Phi) is 3.01. The van der Waals surface area contributed by atoms with Gasteiger partial charge in [0.2, 0.25) is 0 Å². The molecule has 0 aliphatic heterocycles. The van der Waals surface area contributed by atoms with E-state index in [2.05, 4.69) is 20.9 Å². The van der Waals surface area contributed by atoms with Gasteiger partial charge in [0.15, 0.2) is 6.17 Å². The van der Waals surface area contributed by atoms with Crippen LogP contribution in [0.25, 0.3) is 0 Å². The van der Waals surface area contributed by atoms with E-state index < -0.39 is 11.8 Å². The molecular formula is C9H10BrF2N. The second-order valence-electron chi connectivity index (χ2n) is 3.34. The molecule has 0 spiro atoms. The Morgan fingerprint density at radius 3 is 2.62 bits per heavy atom. The van der Waals surface area contributed by atoms with Crippen LogP contribution in [0.15, 0.2) is 22.9 Å². The van der Waals surface area contributed by atoms with Crippen LogP contribution in [0.2, 0.25) is 0 Å². The van der Waals surface area contributed by atoms with Gasteiger partial charge in [0, 0.05) is 6.20 Å². The van der Waals surface area contributed by atoms with Gasteiger partial charge < -0.3 is 0 Å². The highest BCUT2D eigenvalue weighted by atomic mass is 79.9. The lowest BCUT2D eigenvalue weighted by Crippen LogP contribution is -2.20. The maximum atomic E-state index is 13.4. The number of rotatable bonds is 2. The minimum absolute atomic E-state index is 0.300. The topological polar surface area (TPSA) is 12.9 Å². The Morgan fingerprint density at radius 2 is 2.15 bits per heavy atom. The van der Waals surface area contributed by atoms with E-state index in [1.807, 2.05) is 0 Å². The van der Waals surface area contributed by atoms with E-state index in [1.165, 1.54) is 32.2 Å². The Hall–Kier alpha value is -0.510. The summed E-state index contributed by atoms with van der Waals surface area (Å²) in [4.78, 5) is 3.83. The van der Waals surface area contributed by atoms with Crippen LogP contribution >= 0.6 is 15.9 Å². The second-order valence-corrected chi connectivity index (χ2v) is 4.15. The molecule has 0 aliphatic carbocycles. The molecule has 0 fully saturated rings. The smallest absolute Gasteiger partial charge is 0.159 e. The lowest BCUT2D eigenvalue weighted by molar-refractivity contribution is 0.0851. The van der Waals surface area contributed by atoms with Crippen LogP contribution < -0.4 is 0 Å². The fourth-order valence-corrected chi connectivity index (χ4v) is 1.35. The zero-order valence-electron chi connectivity index (χ0n) is 7.39. The predicted octanol–water partition coefficient (Wildman–Crippen LogP) is 3.60. The molecule has 1 atom stereocenters. The highest BCUT2D eigenvalue weighted by Crippen LogP contribution is 2.32.